The second-order valence-electron chi connectivity index (χ2n) is 8.32. The molecule has 23 heavy (non-hydrogen) atoms. The molecular weight excluding hydrogens is 288 g/mol. The van der Waals surface area contributed by atoms with Gasteiger partial charge in [-0.25, -0.2) is 4.79 Å². The highest BCUT2D eigenvalue weighted by Crippen LogP contribution is 2.62. The Morgan fingerprint density at radius 3 is 2.70 bits per heavy atom. The van der Waals surface area contributed by atoms with Gasteiger partial charge in [-0.2, -0.15) is 0 Å². The maximum atomic E-state index is 11.1. The van der Waals surface area contributed by atoms with Crippen LogP contribution in [0.5, 0.6) is 0 Å². The minimum absolute atomic E-state index is 0.116. The Labute approximate surface area is 140 Å². The summed E-state index contributed by atoms with van der Waals surface area (Å²) in [5.41, 5.74) is 2.01. The van der Waals surface area contributed by atoms with E-state index in [1.54, 1.807) is 6.92 Å². The van der Waals surface area contributed by atoms with Crippen LogP contribution in [0.1, 0.15) is 66.2 Å². The number of rotatable bonds is 4. The van der Waals surface area contributed by atoms with Gasteiger partial charge in [0.15, 0.2) is 0 Å². The Kier molecular flexibility index (Phi) is 5.10. The molecule has 130 valence electrons. The van der Waals surface area contributed by atoms with Crippen molar-refractivity contribution in [1.82, 2.24) is 0 Å². The molecule has 2 rings (SSSR count). The van der Waals surface area contributed by atoms with Crippen LogP contribution in [-0.4, -0.2) is 22.3 Å². The molecule has 3 nitrogen and oxygen atoms in total. The zero-order valence-electron chi connectivity index (χ0n) is 15.1. The zero-order valence-corrected chi connectivity index (χ0v) is 15.1. The first-order valence-electron chi connectivity index (χ1n) is 8.88. The molecule has 2 N–H and O–H groups in total. The van der Waals surface area contributed by atoms with E-state index < -0.39 is 12.1 Å². The van der Waals surface area contributed by atoms with Crippen molar-refractivity contribution in [2.45, 2.75) is 72.3 Å². The van der Waals surface area contributed by atoms with Crippen molar-refractivity contribution in [1.29, 1.82) is 0 Å². The number of hydrogen-bond acceptors (Lipinski definition) is 2. The highest BCUT2D eigenvalue weighted by molar-refractivity contribution is 5.80. The monoisotopic (exact) mass is 320 g/mol. The van der Waals surface area contributed by atoms with Gasteiger partial charge in [-0.15, -0.1) is 0 Å². The fourth-order valence-electron chi connectivity index (χ4n) is 5.24. The Morgan fingerprint density at radius 1 is 1.43 bits per heavy atom. The average Bonchev–Trinajstić information content (AvgIpc) is 2.44. The Balaban J connectivity index is 2.32. The minimum Gasteiger partial charge on any atom is -0.478 e. The van der Waals surface area contributed by atoms with Crippen molar-refractivity contribution in [3.8, 4) is 0 Å². The summed E-state index contributed by atoms with van der Waals surface area (Å²) in [5.74, 6) is -0.0841. The molecule has 2 fully saturated rings. The predicted octanol–water partition coefficient (Wildman–Crippen LogP) is 4.57. The number of aliphatic carboxylic acids is 1. The normalized spacial score (nSPS) is 39.7. The van der Waals surface area contributed by atoms with Crippen LogP contribution in [0, 0.1) is 22.7 Å². The van der Waals surface area contributed by atoms with Gasteiger partial charge in [-0.05, 0) is 68.1 Å². The maximum Gasteiger partial charge on any atom is 0.328 e. The molecule has 5 atom stereocenters. The summed E-state index contributed by atoms with van der Waals surface area (Å²) in [7, 11) is 0. The van der Waals surface area contributed by atoms with E-state index in [0.717, 1.165) is 37.7 Å². The molecule has 0 bridgehead atoms. The van der Waals surface area contributed by atoms with E-state index in [1.165, 1.54) is 11.6 Å². The molecule has 0 spiro atoms. The average molecular weight is 320 g/mol. The van der Waals surface area contributed by atoms with E-state index in [4.69, 9.17) is 5.11 Å². The van der Waals surface area contributed by atoms with Gasteiger partial charge in [0.25, 0.3) is 0 Å². The van der Waals surface area contributed by atoms with Crippen molar-refractivity contribution in [3.05, 3.63) is 23.8 Å². The number of hydrogen-bond donors (Lipinski definition) is 2. The summed E-state index contributed by atoms with van der Waals surface area (Å²) in [6, 6.07) is 0. The van der Waals surface area contributed by atoms with Crippen LogP contribution in [0.3, 0.4) is 0 Å². The van der Waals surface area contributed by atoms with Crippen LogP contribution in [0.4, 0.5) is 0 Å². The van der Waals surface area contributed by atoms with Crippen molar-refractivity contribution >= 4 is 5.97 Å². The van der Waals surface area contributed by atoms with Crippen molar-refractivity contribution in [2.24, 2.45) is 22.7 Å². The van der Waals surface area contributed by atoms with E-state index in [1.807, 2.05) is 0 Å². The topological polar surface area (TPSA) is 57.5 Å². The molecule has 0 aromatic heterocycles. The molecule has 0 aromatic rings. The van der Waals surface area contributed by atoms with Crippen LogP contribution in [0.25, 0.3) is 0 Å². The van der Waals surface area contributed by atoms with E-state index in [-0.39, 0.29) is 10.8 Å². The largest absolute Gasteiger partial charge is 0.478 e. The lowest BCUT2D eigenvalue weighted by atomic mass is 9.45. The summed E-state index contributed by atoms with van der Waals surface area (Å²) in [5, 5.41) is 20.0. The number of carboxylic acids is 1. The fraction of sp³-hybridized carbons (Fsp3) is 0.750. The van der Waals surface area contributed by atoms with E-state index in [0.29, 0.717) is 18.3 Å². The van der Waals surface area contributed by atoms with Crippen molar-refractivity contribution < 1.29 is 15.0 Å². The molecule has 0 aliphatic heterocycles. The predicted molar refractivity (Wildman–Crippen MR) is 93.1 cm³/mol. The van der Waals surface area contributed by atoms with Gasteiger partial charge in [0.1, 0.15) is 0 Å². The Hall–Kier alpha value is -1.09. The Bertz CT molecular complexity index is 521. The minimum atomic E-state index is -0.938. The first-order valence-corrected chi connectivity index (χ1v) is 8.88. The summed E-state index contributed by atoms with van der Waals surface area (Å²) in [6.45, 7) is 12.9. The summed E-state index contributed by atoms with van der Waals surface area (Å²) in [4.78, 5) is 10.9. The highest BCUT2D eigenvalue weighted by Gasteiger charge is 2.56. The van der Waals surface area contributed by atoms with Crippen molar-refractivity contribution in [3.63, 3.8) is 0 Å². The molecule has 2 aliphatic rings. The van der Waals surface area contributed by atoms with Crippen LogP contribution < -0.4 is 0 Å². The molecule has 0 heterocycles. The quantitative estimate of drug-likeness (QED) is 0.589. The Morgan fingerprint density at radius 2 is 2.09 bits per heavy atom. The lowest BCUT2D eigenvalue weighted by molar-refractivity contribution is -0.131. The zero-order chi connectivity index (χ0) is 17.4. The van der Waals surface area contributed by atoms with E-state index in [2.05, 4.69) is 27.4 Å². The first kappa shape index (κ1) is 18.3. The number of carbonyl (C=O) groups is 1. The van der Waals surface area contributed by atoms with Crippen LogP contribution >= 0.6 is 0 Å². The maximum absolute atomic E-state index is 11.1. The van der Waals surface area contributed by atoms with E-state index >= 15 is 0 Å². The third-order valence-corrected chi connectivity index (χ3v) is 7.06. The molecule has 0 amide bonds. The van der Waals surface area contributed by atoms with Gasteiger partial charge >= 0.3 is 5.97 Å². The standard InChI is InChI=1S/C20H32O3/c1-13(12-18(22)23)11-17(21)20(5)15(3)9-10-19(4)14(2)7-6-8-16(19)20/h12,15-17,21H,2,6-11H2,1,3-5H3,(H,22,23)/t15-,16+,17+,19+,20+/m1/s1. The van der Waals surface area contributed by atoms with Crippen LogP contribution in [0.2, 0.25) is 0 Å². The number of allylic oxidation sites excluding steroid dienone is 1. The second kappa shape index (κ2) is 6.43. The van der Waals surface area contributed by atoms with Gasteiger partial charge in [0.2, 0.25) is 0 Å². The summed E-state index contributed by atoms with van der Waals surface area (Å²) >= 11 is 0. The van der Waals surface area contributed by atoms with Crippen LogP contribution in [-0.2, 0) is 4.79 Å². The van der Waals surface area contributed by atoms with Gasteiger partial charge in [0.05, 0.1) is 6.10 Å². The van der Waals surface area contributed by atoms with Crippen LogP contribution in [0.15, 0.2) is 23.8 Å². The molecule has 0 saturated heterocycles. The molecule has 0 radical (unpaired) electrons. The highest BCUT2D eigenvalue weighted by atomic mass is 16.4. The van der Waals surface area contributed by atoms with Gasteiger partial charge < -0.3 is 10.2 Å². The molecule has 0 aromatic carbocycles. The fourth-order valence-corrected chi connectivity index (χ4v) is 5.24. The smallest absolute Gasteiger partial charge is 0.328 e. The third-order valence-electron chi connectivity index (χ3n) is 7.06. The van der Waals surface area contributed by atoms with Crippen molar-refractivity contribution in [2.75, 3.05) is 0 Å². The number of aliphatic hydroxyl groups excluding tert-OH is 1. The summed E-state index contributed by atoms with van der Waals surface area (Å²) in [6.07, 6.45) is 6.79. The third kappa shape index (κ3) is 3.13. The molecule has 3 heteroatoms. The number of fused-ring (bicyclic) bond motifs is 1. The lowest BCUT2D eigenvalue weighted by Crippen LogP contribution is -2.55. The molecule has 2 aliphatic carbocycles. The molecule has 2 saturated carbocycles. The molecule has 0 unspecified atom stereocenters. The van der Waals surface area contributed by atoms with Gasteiger partial charge in [0, 0.05) is 6.08 Å². The van der Waals surface area contributed by atoms with E-state index in [9.17, 15) is 9.90 Å². The van der Waals surface area contributed by atoms with Gasteiger partial charge in [-0.3, -0.25) is 0 Å². The number of carboxylic acid groups (broad SMARTS) is 1. The second-order valence-corrected chi connectivity index (χ2v) is 8.32. The first-order chi connectivity index (χ1) is 10.6. The summed E-state index contributed by atoms with van der Waals surface area (Å²) < 4.78 is 0. The molecular formula is C20H32O3. The lowest BCUT2D eigenvalue weighted by Gasteiger charge is -2.60. The van der Waals surface area contributed by atoms with Gasteiger partial charge in [-0.1, -0.05) is 38.5 Å². The SMILES string of the molecule is C=C1CCC[C@@H]2[C@@](C)([C@@H](O)CC(C)=CC(=O)O)[C@H](C)CC[C@@]12C. The number of aliphatic hydroxyl groups is 1.